The first-order chi connectivity index (χ1) is 6.24. The molecule has 0 atom stereocenters. The molecular formula is C10H11NO2. The Morgan fingerprint density at radius 3 is 3.00 bits per heavy atom. The van der Waals surface area contributed by atoms with Gasteiger partial charge in [-0.3, -0.25) is 4.79 Å². The van der Waals surface area contributed by atoms with Crippen molar-refractivity contribution in [2.75, 3.05) is 6.61 Å². The minimum absolute atomic E-state index is 0.0648. The molecule has 1 aromatic rings. The smallest absolute Gasteiger partial charge is 0.250 e. The van der Waals surface area contributed by atoms with Gasteiger partial charge in [-0.05, 0) is 13.0 Å². The predicted molar refractivity (Wildman–Crippen MR) is 50.4 cm³/mol. The maximum atomic E-state index is 11.0. The molecule has 1 rings (SSSR count). The second kappa shape index (κ2) is 4.48. The van der Waals surface area contributed by atoms with E-state index in [0.29, 0.717) is 12.0 Å². The number of aromatic nitrogens is 1. The topological polar surface area (TPSA) is 53.1 Å². The van der Waals surface area contributed by atoms with Crippen molar-refractivity contribution in [2.24, 2.45) is 0 Å². The van der Waals surface area contributed by atoms with Crippen LogP contribution in [0.3, 0.4) is 0 Å². The SMILES string of the molecule is Cc1cc(C#CCCO)c[nH]c1=O. The molecule has 0 unspecified atom stereocenters. The van der Waals surface area contributed by atoms with Crippen LogP contribution in [0.5, 0.6) is 0 Å². The van der Waals surface area contributed by atoms with E-state index < -0.39 is 0 Å². The minimum Gasteiger partial charge on any atom is -0.395 e. The van der Waals surface area contributed by atoms with Crippen molar-refractivity contribution in [1.82, 2.24) is 4.98 Å². The normalized spacial score (nSPS) is 9.08. The highest BCUT2D eigenvalue weighted by Gasteiger charge is 1.92. The predicted octanol–water partition coefficient (Wildman–Crippen LogP) is 0.417. The fourth-order valence-corrected chi connectivity index (χ4v) is 0.890. The molecule has 3 nitrogen and oxygen atoms in total. The third kappa shape index (κ3) is 2.77. The number of aryl methyl sites for hydroxylation is 1. The van der Waals surface area contributed by atoms with Gasteiger partial charge in [0.15, 0.2) is 0 Å². The number of aliphatic hydroxyl groups excluding tert-OH is 1. The molecule has 3 heteroatoms. The summed E-state index contributed by atoms with van der Waals surface area (Å²) in [4.78, 5) is 13.5. The van der Waals surface area contributed by atoms with E-state index in [0.717, 1.165) is 5.56 Å². The van der Waals surface area contributed by atoms with Crippen LogP contribution in [0.25, 0.3) is 0 Å². The van der Waals surface area contributed by atoms with E-state index in [2.05, 4.69) is 16.8 Å². The molecule has 0 fully saturated rings. The summed E-state index contributed by atoms with van der Waals surface area (Å²) in [5.41, 5.74) is 1.33. The van der Waals surface area contributed by atoms with Crippen LogP contribution in [0.4, 0.5) is 0 Å². The Bertz CT molecular complexity index is 395. The summed E-state index contributed by atoms with van der Waals surface area (Å²) in [6.45, 7) is 1.80. The average molecular weight is 177 g/mol. The molecule has 0 spiro atoms. The number of aromatic amines is 1. The van der Waals surface area contributed by atoms with Gasteiger partial charge in [0.25, 0.3) is 5.56 Å². The van der Waals surface area contributed by atoms with Crippen molar-refractivity contribution in [1.29, 1.82) is 0 Å². The van der Waals surface area contributed by atoms with Gasteiger partial charge in [-0.25, -0.2) is 0 Å². The summed E-state index contributed by atoms with van der Waals surface area (Å²) in [6, 6.07) is 1.73. The zero-order valence-electron chi connectivity index (χ0n) is 7.42. The molecule has 13 heavy (non-hydrogen) atoms. The van der Waals surface area contributed by atoms with Crippen LogP contribution >= 0.6 is 0 Å². The largest absolute Gasteiger partial charge is 0.395 e. The lowest BCUT2D eigenvalue weighted by Gasteiger charge is -1.91. The van der Waals surface area contributed by atoms with Gasteiger partial charge in [-0.2, -0.15) is 0 Å². The number of H-pyrrole nitrogens is 1. The highest BCUT2D eigenvalue weighted by atomic mass is 16.2. The number of pyridine rings is 1. The number of nitrogens with one attached hydrogen (secondary N) is 1. The first-order valence-electron chi connectivity index (χ1n) is 4.03. The first-order valence-corrected chi connectivity index (χ1v) is 4.03. The van der Waals surface area contributed by atoms with Crippen LogP contribution in [-0.4, -0.2) is 16.7 Å². The summed E-state index contributed by atoms with van der Waals surface area (Å²) in [6.07, 6.45) is 2.03. The Morgan fingerprint density at radius 1 is 1.62 bits per heavy atom. The fourth-order valence-electron chi connectivity index (χ4n) is 0.890. The molecule has 0 amide bonds. The lowest BCUT2D eigenvalue weighted by molar-refractivity contribution is 0.305. The maximum absolute atomic E-state index is 11.0. The molecule has 1 aromatic heterocycles. The highest BCUT2D eigenvalue weighted by molar-refractivity contribution is 5.33. The van der Waals surface area contributed by atoms with E-state index in [1.807, 2.05) is 0 Å². The molecule has 0 saturated heterocycles. The Morgan fingerprint density at radius 2 is 2.38 bits per heavy atom. The van der Waals surface area contributed by atoms with Gasteiger partial charge in [0.2, 0.25) is 0 Å². The highest BCUT2D eigenvalue weighted by Crippen LogP contribution is 1.94. The summed E-state index contributed by atoms with van der Waals surface area (Å²) in [7, 11) is 0. The first kappa shape index (κ1) is 9.56. The molecule has 0 saturated carbocycles. The quantitative estimate of drug-likeness (QED) is 0.611. The van der Waals surface area contributed by atoms with Gasteiger partial charge < -0.3 is 10.1 Å². The van der Waals surface area contributed by atoms with Crippen LogP contribution in [-0.2, 0) is 0 Å². The van der Waals surface area contributed by atoms with Crippen molar-refractivity contribution in [3.8, 4) is 11.8 Å². The van der Waals surface area contributed by atoms with E-state index in [4.69, 9.17) is 5.11 Å². The third-order valence-corrected chi connectivity index (χ3v) is 1.56. The van der Waals surface area contributed by atoms with Gasteiger partial charge in [0, 0.05) is 23.7 Å². The maximum Gasteiger partial charge on any atom is 0.250 e. The molecule has 2 N–H and O–H groups in total. The Balaban J connectivity index is 2.87. The lowest BCUT2D eigenvalue weighted by Crippen LogP contribution is -2.08. The second-order valence-electron chi connectivity index (χ2n) is 2.68. The van der Waals surface area contributed by atoms with Crippen LogP contribution in [0, 0.1) is 18.8 Å². The second-order valence-corrected chi connectivity index (χ2v) is 2.68. The summed E-state index contributed by atoms with van der Waals surface area (Å²) in [5, 5.41) is 8.48. The van der Waals surface area contributed by atoms with E-state index in [1.165, 1.54) is 0 Å². The van der Waals surface area contributed by atoms with Crippen molar-refractivity contribution in [3.05, 3.63) is 33.7 Å². The minimum atomic E-state index is -0.0901. The molecule has 0 aromatic carbocycles. The molecule has 0 aliphatic carbocycles. The van der Waals surface area contributed by atoms with Gasteiger partial charge in [0.1, 0.15) is 0 Å². The monoisotopic (exact) mass is 177 g/mol. The van der Waals surface area contributed by atoms with Crippen molar-refractivity contribution in [2.45, 2.75) is 13.3 Å². The van der Waals surface area contributed by atoms with Gasteiger partial charge in [0.05, 0.1) is 6.61 Å². The Labute approximate surface area is 76.4 Å². The van der Waals surface area contributed by atoms with Crippen molar-refractivity contribution < 1.29 is 5.11 Å². The van der Waals surface area contributed by atoms with E-state index in [-0.39, 0.29) is 12.2 Å². The molecule has 68 valence electrons. The van der Waals surface area contributed by atoms with Crippen molar-refractivity contribution in [3.63, 3.8) is 0 Å². The summed E-state index contributed by atoms with van der Waals surface area (Å²) < 4.78 is 0. The fraction of sp³-hybridized carbons (Fsp3) is 0.300. The zero-order valence-corrected chi connectivity index (χ0v) is 7.42. The number of hydrogen-bond acceptors (Lipinski definition) is 2. The Kier molecular flexibility index (Phi) is 3.30. The van der Waals surface area contributed by atoms with Crippen LogP contribution in [0.15, 0.2) is 17.1 Å². The van der Waals surface area contributed by atoms with Crippen LogP contribution < -0.4 is 5.56 Å². The van der Waals surface area contributed by atoms with Crippen LogP contribution in [0.1, 0.15) is 17.5 Å². The average Bonchev–Trinajstić information content (AvgIpc) is 2.12. The van der Waals surface area contributed by atoms with Crippen molar-refractivity contribution >= 4 is 0 Å². The van der Waals surface area contributed by atoms with E-state index in [1.54, 1.807) is 19.2 Å². The Hall–Kier alpha value is -1.53. The number of aliphatic hydroxyl groups is 1. The van der Waals surface area contributed by atoms with E-state index in [9.17, 15) is 4.79 Å². The zero-order chi connectivity index (χ0) is 9.68. The summed E-state index contributed by atoms with van der Waals surface area (Å²) in [5.74, 6) is 5.61. The molecule has 0 radical (unpaired) electrons. The molecule has 0 aliphatic heterocycles. The molecule has 1 heterocycles. The van der Waals surface area contributed by atoms with Crippen LogP contribution in [0.2, 0.25) is 0 Å². The van der Waals surface area contributed by atoms with Gasteiger partial charge in [-0.15, -0.1) is 0 Å². The molecule has 0 aliphatic rings. The lowest BCUT2D eigenvalue weighted by atomic mass is 10.2. The number of rotatable bonds is 1. The summed E-state index contributed by atoms with van der Waals surface area (Å²) >= 11 is 0. The molecular weight excluding hydrogens is 166 g/mol. The van der Waals surface area contributed by atoms with Gasteiger partial charge in [-0.1, -0.05) is 11.8 Å². The molecule has 0 bridgehead atoms. The standard InChI is InChI=1S/C10H11NO2/c1-8-6-9(4-2-3-5-12)7-11-10(8)13/h6-7,12H,3,5H2,1H3,(H,11,13). The number of hydrogen-bond donors (Lipinski definition) is 2. The third-order valence-electron chi connectivity index (χ3n) is 1.56. The van der Waals surface area contributed by atoms with Gasteiger partial charge >= 0.3 is 0 Å². The van der Waals surface area contributed by atoms with E-state index >= 15 is 0 Å².